The van der Waals surface area contributed by atoms with Gasteiger partial charge in [-0.3, -0.25) is 4.79 Å². The molecular formula is C16H15ClN2O2. The minimum absolute atomic E-state index is 0.0516. The summed E-state index contributed by atoms with van der Waals surface area (Å²) in [6, 6.07) is 10.8. The predicted molar refractivity (Wildman–Crippen MR) is 82.1 cm³/mol. The van der Waals surface area contributed by atoms with Gasteiger partial charge in [0, 0.05) is 43.2 Å². The monoisotopic (exact) mass is 302 g/mol. The summed E-state index contributed by atoms with van der Waals surface area (Å²) in [6.45, 7) is 1.79. The lowest BCUT2D eigenvalue weighted by atomic mass is 10.0. The molecule has 5 heteroatoms. The lowest BCUT2D eigenvalue weighted by Crippen LogP contribution is -2.51. The van der Waals surface area contributed by atoms with Crippen LogP contribution in [0.4, 0.5) is 5.69 Å². The highest BCUT2D eigenvalue weighted by Crippen LogP contribution is 2.23. The minimum atomic E-state index is -0.0516. The second-order valence-corrected chi connectivity index (χ2v) is 5.39. The molecule has 1 fully saturated rings. The van der Waals surface area contributed by atoms with Crippen LogP contribution in [0.15, 0.2) is 42.6 Å². The Morgan fingerprint density at radius 1 is 1.24 bits per heavy atom. The Bertz CT molecular complexity index is 652. The standard InChI is InChI=1S/C16H15ClN2O2/c1-21-14-9-19(10-14)13-4-2-11(3-5-13)16(20)12-6-7-18-15(17)8-12/h2-8,14H,9-10H2,1H3. The molecule has 0 radical (unpaired) electrons. The average Bonchev–Trinajstić information content (AvgIpc) is 2.46. The maximum absolute atomic E-state index is 12.3. The van der Waals surface area contributed by atoms with E-state index in [-0.39, 0.29) is 5.78 Å². The molecule has 1 aromatic carbocycles. The number of methoxy groups -OCH3 is 1. The molecule has 0 bridgehead atoms. The maximum atomic E-state index is 12.3. The third-order valence-electron chi connectivity index (χ3n) is 3.66. The number of carbonyl (C=O) groups excluding carboxylic acids is 1. The summed E-state index contributed by atoms with van der Waals surface area (Å²) in [5.41, 5.74) is 2.29. The Hall–Kier alpha value is -1.91. The Balaban J connectivity index is 1.74. The van der Waals surface area contributed by atoms with Crippen molar-refractivity contribution in [3.63, 3.8) is 0 Å². The molecule has 0 saturated carbocycles. The zero-order chi connectivity index (χ0) is 14.8. The number of nitrogens with zero attached hydrogens (tertiary/aromatic N) is 2. The summed E-state index contributed by atoms with van der Waals surface area (Å²) in [7, 11) is 1.73. The lowest BCUT2D eigenvalue weighted by molar-refractivity contribution is 0.0787. The van der Waals surface area contributed by atoms with E-state index in [1.165, 1.54) is 6.20 Å². The van der Waals surface area contributed by atoms with Crippen molar-refractivity contribution in [1.29, 1.82) is 0 Å². The van der Waals surface area contributed by atoms with E-state index in [0.29, 0.717) is 22.4 Å². The van der Waals surface area contributed by atoms with Crippen LogP contribution in [0.5, 0.6) is 0 Å². The summed E-state index contributed by atoms with van der Waals surface area (Å²) in [5, 5.41) is 0.323. The number of halogens is 1. The van der Waals surface area contributed by atoms with Crippen LogP contribution in [-0.4, -0.2) is 37.1 Å². The normalized spacial score (nSPS) is 14.9. The molecule has 0 N–H and O–H groups in total. The number of aromatic nitrogens is 1. The first-order valence-corrected chi connectivity index (χ1v) is 7.09. The summed E-state index contributed by atoms with van der Waals surface area (Å²) < 4.78 is 5.25. The molecule has 0 atom stereocenters. The van der Waals surface area contributed by atoms with Crippen LogP contribution in [0.1, 0.15) is 15.9 Å². The molecule has 1 aromatic heterocycles. The number of benzene rings is 1. The van der Waals surface area contributed by atoms with Gasteiger partial charge in [0.05, 0.1) is 6.10 Å². The van der Waals surface area contributed by atoms with Gasteiger partial charge in [0.15, 0.2) is 5.78 Å². The van der Waals surface area contributed by atoms with Crippen molar-refractivity contribution in [2.24, 2.45) is 0 Å². The Morgan fingerprint density at radius 2 is 1.95 bits per heavy atom. The van der Waals surface area contributed by atoms with E-state index in [1.807, 2.05) is 24.3 Å². The topological polar surface area (TPSA) is 42.4 Å². The van der Waals surface area contributed by atoms with Crippen LogP contribution in [0.3, 0.4) is 0 Å². The van der Waals surface area contributed by atoms with E-state index in [2.05, 4.69) is 9.88 Å². The molecular weight excluding hydrogens is 288 g/mol. The van der Waals surface area contributed by atoms with Gasteiger partial charge in [-0.15, -0.1) is 0 Å². The van der Waals surface area contributed by atoms with Crippen LogP contribution >= 0.6 is 11.6 Å². The highest BCUT2D eigenvalue weighted by atomic mass is 35.5. The van der Waals surface area contributed by atoms with E-state index >= 15 is 0 Å². The van der Waals surface area contributed by atoms with Gasteiger partial charge in [0.1, 0.15) is 5.15 Å². The van der Waals surface area contributed by atoms with Crippen molar-refractivity contribution in [2.45, 2.75) is 6.10 Å². The fourth-order valence-corrected chi connectivity index (χ4v) is 2.51. The Kier molecular flexibility index (Phi) is 3.90. The molecule has 1 saturated heterocycles. The highest BCUT2D eigenvalue weighted by molar-refractivity contribution is 6.30. The smallest absolute Gasteiger partial charge is 0.193 e. The van der Waals surface area contributed by atoms with Gasteiger partial charge in [-0.25, -0.2) is 4.98 Å². The van der Waals surface area contributed by atoms with E-state index in [4.69, 9.17) is 16.3 Å². The molecule has 4 nitrogen and oxygen atoms in total. The van der Waals surface area contributed by atoms with Crippen molar-refractivity contribution in [1.82, 2.24) is 4.98 Å². The van der Waals surface area contributed by atoms with Gasteiger partial charge in [-0.05, 0) is 36.4 Å². The number of anilines is 1. The molecule has 1 aliphatic heterocycles. The van der Waals surface area contributed by atoms with Crippen molar-refractivity contribution in [2.75, 3.05) is 25.1 Å². The number of carbonyl (C=O) groups is 1. The summed E-state index contributed by atoms with van der Waals surface area (Å²) in [4.78, 5) is 18.4. The lowest BCUT2D eigenvalue weighted by Gasteiger charge is -2.40. The summed E-state index contributed by atoms with van der Waals surface area (Å²) in [6.07, 6.45) is 1.85. The van der Waals surface area contributed by atoms with Gasteiger partial charge in [0.25, 0.3) is 0 Å². The third kappa shape index (κ3) is 2.91. The fraction of sp³-hybridized carbons (Fsp3) is 0.250. The summed E-state index contributed by atoms with van der Waals surface area (Å²) in [5.74, 6) is -0.0516. The maximum Gasteiger partial charge on any atom is 0.193 e. The van der Waals surface area contributed by atoms with Crippen LogP contribution in [-0.2, 0) is 4.74 Å². The Labute approximate surface area is 128 Å². The predicted octanol–water partition coefficient (Wildman–Crippen LogP) is 2.80. The van der Waals surface area contributed by atoms with Gasteiger partial charge in [-0.1, -0.05) is 11.6 Å². The molecule has 2 aromatic rings. The number of hydrogen-bond acceptors (Lipinski definition) is 4. The molecule has 0 unspecified atom stereocenters. The highest BCUT2D eigenvalue weighted by Gasteiger charge is 2.26. The number of hydrogen-bond donors (Lipinski definition) is 0. The third-order valence-corrected chi connectivity index (χ3v) is 3.87. The number of pyridine rings is 1. The first-order valence-electron chi connectivity index (χ1n) is 6.71. The first kappa shape index (κ1) is 14.0. The summed E-state index contributed by atoms with van der Waals surface area (Å²) >= 11 is 5.82. The molecule has 108 valence electrons. The van der Waals surface area contributed by atoms with Crippen molar-refractivity contribution in [3.05, 3.63) is 58.9 Å². The zero-order valence-corrected chi connectivity index (χ0v) is 12.4. The van der Waals surface area contributed by atoms with Gasteiger partial charge < -0.3 is 9.64 Å². The van der Waals surface area contributed by atoms with Gasteiger partial charge >= 0.3 is 0 Å². The van der Waals surface area contributed by atoms with E-state index in [9.17, 15) is 4.79 Å². The fourth-order valence-electron chi connectivity index (χ4n) is 2.33. The van der Waals surface area contributed by atoms with Gasteiger partial charge in [0.2, 0.25) is 0 Å². The second-order valence-electron chi connectivity index (χ2n) is 5.01. The zero-order valence-electron chi connectivity index (χ0n) is 11.6. The van der Waals surface area contributed by atoms with Crippen LogP contribution in [0.25, 0.3) is 0 Å². The van der Waals surface area contributed by atoms with E-state index in [1.54, 1.807) is 19.2 Å². The minimum Gasteiger partial charge on any atom is -0.378 e. The second kappa shape index (κ2) is 5.84. The number of ketones is 1. The van der Waals surface area contributed by atoms with Crippen molar-refractivity contribution in [3.8, 4) is 0 Å². The molecule has 2 heterocycles. The average molecular weight is 303 g/mol. The largest absolute Gasteiger partial charge is 0.378 e. The SMILES string of the molecule is COC1CN(c2ccc(C(=O)c3ccnc(Cl)c3)cc2)C1. The van der Waals surface area contributed by atoms with Crippen LogP contribution in [0.2, 0.25) is 5.15 Å². The number of rotatable bonds is 4. The van der Waals surface area contributed by atoms with Gasteiger partial charge in [-0.2, -0.15) is 0 Å². The first-order chi connectivity index (χ1) is 10.2. The Morgan fingerprint density at radius 3 is 2.57 bits per heavy atom. The molecule has 0 spiro atoms. The van der Waals surface area contributed by atoms with Crippen molar-refractivity contribution < 1.29 is 9.53 Å². The molecule has 21 heavy (non-hydrogen) atoms. The van der Waals surface area contributed by atoms with E-state index in [0.717, 1.165) is 18.8 Å². The quantitative estimate of drug-likeness (QED) is 0.643. The van der Waals surface area contributed by atoms with E-state index < -0.39 is 0 Å². The molecule has 0 amide bonds. The number of ether oxygens (including phenoxy) is 1. The molecule has 1 aliphatic rings. The molecule has 3 rings (SSSR count). The van der Waals surface area contributed by atoms with Crippen LogP contribution < -0.4 is 4.90 Å². The van der Waals surface area contributed by atoms with Crippen LogP contribution in [0, 0.1) is 0 Å². The molecule has 0 aliphatic carbocycles. The van der Waals surface area contributed by atoms with Crippen molar-refractivity contribution >= 4 is 23.1 Å².